The maximum atomic E-state index is 12.8. The van der Waals surface area contributed by atoms with Gasteiger partial charge in [-0.1, -0.05) is 34.8 Å². The summed E-state index contributed by atoms with van der Waals surface area (Å²) in [6, 6.07) is 12.9. The summed E-state index contributed by atoms with van der Waals surface area (Å²) in [4.78, 5) is 24.4. The molecule has 1 aliphatic heterocycles. The molecular formula is C21H20N4O3S3. The molecule has 3 heterocycles. The smallest absolute Gasteiger partial charge is 0.229 e. The van der Waals surface area contributed by atoms with Crippen molar-refractivity contribution in [3.63, 3.8) is 0 Å². The highest BCUT2D eigenvalue weighted by molar-refractivity contribution is 7.90. The minimum absolute atomic E-state index is 0.0358. The molecule has 0 saturated carbocycles. The molecule has 4 aromatic rings. The SMILES string of the molecule is CS(=O)(=O)c1ccc2nc(NC(=O)C3CCN(c4nc5ccccc5s4)CC3)sc2c1. The summed E-state index contributed by atoms with van der Waals surface area (Å²) in [6.45, 7) is 1.57. The molecule has 2 aromatic heterocycles. The summed E-state index contributed by atoms with van der Waals surface area (Å²) in [5, 5.41) is 4.43. The number of benzene rings is 2. The molecule has 5 rings (SSSR count). The summed E-state index contributed by atoms with van der Waals surface area (Å²) in [5.74, 6) is -0.115. The van der Waals surface area contributed by atoms with Gasteiger partial charge < -0.3 is 10.2 Å². The fourth-order valence-electron chi connectivity index (χ4n) is 3.72. The van der Waals surface area contributed by atoms with Gasteiger partial charge in [0.25, 0.3) is 0 Å². The largest absolute Gasteiger partial charge is 0.348 e. The van der Waals surface area contributed by atoms with E-state index in [1.54, 1.807) is 29.5 Å². The number of thiazole rings is 2. The lowest BCUT2D eigenvalue weighted by Gasteiger charge is -2.30. The van der Waals surface area contributed by atoms with E-state index < -0.39 is 9.84 Å². The Hall–Kier alpha value is -2.56. The van der Waals surface area contributed by atoms with Gasteiger partial charge in [-0.3, -0.25) is 4.79 Å². The Morgan fingerprint density at radius 1 is 1.03 bits per heavy atom. The van der Waals surface area contributed by atoms with Crippen molar-refractivity contribution in [1.82, 2.24) is 9.97 Å². The number of para-hydroxylation sites is 1. The molecule has 7 nitrogen and oxygen atoms in total. The van der Waals surface area contributed by atoms with Crippen LogP contribution in [-0.2, 0) is 14.6 Å². The summed E-state index contributed by atoms with van der Waals surface area (Å²) >= 11 is 2.98. The first kappa shape index (κ1) is 20.3. The topological polar surface area (TPSA) is 92.3 Å². The van der Waals surface area contributed by atoms with E-state index in [1.807, 2.05) is 18.2 Å². The highest BCUT2D eigenvalue weighted by Gasteiger charge is 2.27. The quantitative estimate of drug-likeness (QED) is 0.479. The van der Waals surface area contributed by atoms with Gasteiger partial charge >= 0.3 is 0 Å². The molecule has 160 valence electrons. The predicted molar refractivity (Wildman–Crippen MR) is 126 cm³/mol. The summed E-state index contributed by atoms with van der Waals surface area (Å²) in [7, 11) is -3.28. The number of nitrogens with one attached hydrogen (secondary N) is 1. The van der Waals surface area contributed by atoms with E-state index in [9.17, 15) is 13.2 Å². The van der Waals surface area contributed by atoms with Crippen molar-refractivity contribution < 1.29 is 13.2 Å². The molecule has 31 heavy (non-hydrogen) atoms. The van der Waals surface area contributed by atoms with Crippen LogP contribution in [-0.4, -0.2) is 43.6 Å². The normalized spacial score (nSPS) is 15.6. The molecule has 0 radical (unpaired) electrons. The molecule has 0 aliphatic carbocycles. The number of carbonyl (C=O) groups excluding carboxylic acids is 1. The minimum atomic E-state index is -3.28. The van der Waals surface area contributed by atoms with Crippen LogP contribution < -0.4 is 10.2 Å². The molecule has 10 heteroatoms. The minimum Gasteiger partial charge on any atom is -0.348 e. The Bertz CT molecular complexity index is 1350. The number of piperidine rings is 1. The maximum absolute atomic E-state index is 12.8. The molecule has 0 atom stereocenters. The van der Waals surface area contributed by atoms with Gasteiger partial charge in [-0.15, -0.1) is 0 Å². The Morgan fingerprint density at radius 2 is 1.77 bits per heavy atom. The molecule has 1 saturated heterocycles. The average molecular weight is 473 g/mol. The van der Waals surface area contributed by atoms with E-state index >= 15 is 0 Å². The summed E-state index contributed by atoms with van der Waals surface area (Å²) in [5.41, 5.74) is 1.69. The van der Waals surface area contributed by atoms with Gasteiger partial charge in [-0.25, -0.2) is 18.4 Å². The van der Waals surface area contributed by atoms with Crippen molar-refractivity contribution in [3.8, 4) is 0 Å². The van der Waals surface area contributed by atoms with Crippen molar-refractivity contribution in [2.24, 2.45) is 5.92 Å². The molecule has 2 aromatic carbocycles. The number of hydrogen-bond acceptors (Lipinski definition) is 8. The first-order valence-electron chi connectivity index (χ1n) is 9.89. The Morgan fingerprint density at radius 3 is 2.52 bits per heavy atom. The average Bonchev–Trinajstić information content (AvgIpc) is 3.36. The third-order valence-electron chi connectivity index (χ3n) is 5.44. The van der Waals surface area contributed by atoms with Crippen LogP contribution in [0.15, 0.2) is 47.4 Å². The third kappa shape index (κ3) is 4.15. The Labute approximate surface area is 187 Å². The second-order valence-corrected chi connectivity index (χ2v) is 11.7. The zero-order chi connectivity index (χ0) is 21.6. The van der Waals surface area contributed by atoms with Crippen LogP contribution in [0.4, 0.5) is 10.3 Å². The van der Waals surface area contributed by atoms with E-state index in [2.05, 4.69) is 21.3 Å². The van der Waals surface area contributed by atoms with Gasteiger partial charge in [0.1, 0.15) is 0 Å². The molecule has 0 bridgehead atoms. The van der Waals surface area contributed by atoms with Crippen molar-refractivity contribution in [2.45, 2.75) is 17.7 Å². The number of sulfone groups is 1. The van der Waals surface area contributed by atoms with E-state index in [1.165, 1.54) is 22.3 Å². The molecule has 0 unspecified atom stereocenters. The van der Waals surface area contributed by atoms with E-state index in [4.69, 9.17) is 4.98 Å². The van der Waals surface area contributed by atoms with Gasteiger partial charge in [0.05, 0.1) is 25.3 Å². The van der Waals surface area contributed by atoms with E-state index in [-0.39, 0.29) is 16.7 Å². The molecular weight excluding hydrogens is 452 g/mol. The zero-order valence-corrected chi connectivity index (χ0v) is 19.2. The van der Waals surface area contributed by atoms with Crippen molar-refractivity contribution in [3.05, 3.63) is 42.5 Å². The van der Waals surface area contributed by atoms with Crippen molar-refractivity contribution in [1.29, 1.82) is 0 Å². The Balaban J connectivity index is 1.24. The van der Waals surface area contributed by atoms with Crippen LogP contribution in [0.1, 0.15) is 12.8 Å². The van der Waals surface area contributed by atoms with E-state index in [0.29, 0.717) is 10.6 Å². The van der Waals surface area contributed by atoms with Crippen molar-refractivity contribution >= 4 is 69.1 Å². The van der Waals surface area contributed by atoms with Crippen LogP contribution >= 0.6 is 22.7 Å². The number of aromatic nitrogens is 2. The third-order valence-corrected chi connectivity index (χ3v) is 8.58. The number of nitrogens with zero attached hydrogens (tertiary/aromatic N) is 3. The Kier molecular flexibility index (Phi) is 5.15. The molecule has 1 N–H and O–H groups in total. The zero-order valence-electron chi connectivity index (χ0n) is 16.7. The lowest BCUT2D eigenvalue weighted by atomic mass is 9.96. The standard InChI is InChI=1S/C21H20N4O3S3/c1-31(27,28)14-6-7-16-18(12-14)29-20(22-16)24-19(26)13-8-10-25(11-9-13)21-23-15-4-2-3-5-17(15)30-21/h2-7,12-13H,8-11H2,1H3,(H,22,24,26). The van der Waals surface area contributed by atoms with Gasteiger partial charge in [0.15, 0.2) is 20.1 Å². The molecule has 1 amide bonds. The van der Waals surface area contributed by atoms with Crippen molar-refractivity contribution in [2.75, 3.05) is 29.6 Å². The number of carbonyl (C=O) groups is 1. The number of hydrogen-bond donors (Lipinski definition) is 1. The second-order valence-electron chi connectivity index (χ2n) is 7.64. The predicted octanol–water partition coefficient (Wildman–Crippen LogP) is 4.16. The fourth-order valence-corrected chi connectivity index (χ4v) is 6.37. The number of fused-ring (bicyclic) bond motifs is 2. The molecule has 0 spiro atoms. The number of amides is 1. The van der Waals surface area contributed by atoms with E-state index in [0.717, 1.165) is 41.3 Å². The van der Waals surface area contributed by atoms with Gasteiger partial charge in [-0.05, 0) is 43.2 Å². The summed E-state index contributed by atoms with van der Waals surface area (Å²) in [6.07, 6.45) is 2.69. The lowest BCUT2D eigenvalue weighted by Crippen LogP contribution is -2.38. The monoisotopic (exact) mass is 472 g/mol. The molecule has 1 aliphatic rings. The highest BCUT2D eigenvalue weighted by Crippen LogP contribution is 2.32. The lowest BCUT2D eigenvalue weighted by molar-refractivity contribution is -0.120. The first-order valence-corrected chi connectivity index (χ1v) is 13.4. The second kappa shape index (κ2) is 7.85. The van der Waals surface area contributed by atoms with Gasteiger partial charge in [0.2, 0.25) is 5.91 Å². The van der Waals surface area contributed by atoms with Crippen LogP contribution in [0.25, 0.3) is 20.4 Å². The maximum Gasteiger partial charge on any atom is 0.229 e. The van der Waals surface area contributed by atoms with Crippen LogP contribution in [0.3, 0.4) is 0 Å². The summed E-state index contributed by atoms with van der Waals surface area (Å²) < 4.78 is 25.4. The number of anilines is 2. The van der Waals surface area contributed by atoms with Crippen LogP contribution in [0, 0.1) is 5.92 Å². The van der Waals surface area contributed by atoms with Gasteiger partial charge in [0, 0.05) is 25.3 Å². The first-order chi connectivity index (χ1) is 14.9. The number of rotatable bonds is 4. The fraction of sp³-hybridized carbons (Fsp3) is 0.286. The van der Waals surface area contributed by atoms with Crippen LogP contribution in [0.2, 0.25) is 0 Å². The van der Waals surface area contributed by atoms with Crippen LogP contribution in [0.5, 0.6) is 0 Å². The van der Waals surface area contributed by atoms with Gasteiger partial charge in [-0.2, -0.15) is 0 Å². The molecule has 1 fully saturated rings. The highest BCUT2D eigenvalue weighted by atomic mass is 32.2.